The highest BCUT2D eigenvalue weighted by molar-refractivity contribution is 9.08. The smallest absolute Gasteiger partial charge is 0.255 e. The zero-order valence-electron chi connectivity index (χ0n) is 10.4. The normalized spacial score (nSPS) is 9.85. The molecule has 0 unspecified atom stereocenters. The molecule has 0 spiro atoms. The topological polar surface area (TPSA) is 52.9 Å². The average molecular weight is 333 g/mol. The standard InChI is InChI=1S/C15H10BrFN2O/c16-8-10-1-3-11(4-2-10)15(20)19-14-6-5-13(17)7-12(14)9-18/h1-7H,8H2,(H,19,20). The van der Waals surface area contributed by atoms with Crippen molar-refractivity contribution in [2.24, 2.45) is 0 Å². The number of carbonyl (C=O) groups is 1. The predicted octanol–water partition coefficient (Wildman–Crippen LogP) is 3.84. The van der Waals surface area contributed by atoms with Crippen molar-refractivity contribution in [2.45, 2.75) is 5.33 Å². The monoisotopic (exact) mass is 332 g/mol. The Labute approximate surface area is 124 Å². The Morgan fingerprint density at radius 2 is 1.95 bits per heavy atom. The van der Waals surface area contributed by atoms with Crippen LogP contribution in [0.2, 0.25) is 0 Å². The van der Waals surface area contributed by atoms with Gasteiger partial charge in [0.15, 0.2) is 0 Å². The van der Waals surface area contributed by atoms with Crippen molar-refractivity contribution in [3.05, 3.63) is 65.0 Å². The summed E-state index contributed by atoms with van der Waals surface area (Å²) in [5.41, 5.74) is 1.92. The first-order chi connectivity index (χ1) is 9.63. The molecule has 3 nitrogen and oxygen atoms in total. The fourth-order valence-electron chi connectivity index (χ4n) is 1.66. The van der Waals surface area contributed by atoms with Crippen molar-refractivity contribution in [1.29, 1.82) is 5.26 Å². The Bertz CT molecular complexity index is 677. The number of hydrogen-bond donors (Lipinski definition) is 1. The molecule has 0 saturated heterocycles. The highest BCUT2D eigenvalue weighted by Crippen LogP contribution is 2.17. The minimum Gasteiger partial charge on any atom is -0.321 e. The number of benzene rings is 2. The molecule has 0 aliphatic carbocycles. The number of nitrogens with one attached hydrogen (secondary N) is 1. The Kier molecular flexibility index (Phi) is 4.49. The van der Waals surface area contributed by atoms with Gasteiger partial charge in [0.2, 0.25) is 0 Å². The van der Waals surface area contributed by atoms with E-state index in [4.69, 9.17) is 5.26 Å². The van der Waals surface area contributed by atoms with Gasteiger partial charge in [-0.15, -0.1) is 0 Å². The Balaban J connectivity index is 2.21. The van der Waals surface area contributed by atoms with Gasteiger partial charge in [0.1, 0.15) is 11.9 Å². The molecule has 0 aliphatic rings. The molecule has 2 aromatic rings. The van der Waals surface area contributed by atoms with Crippen LogP contribution < -0.4 is 5.32 Å². The van der Waals surface area contributed by atoms with Crippen LogP contribution in [0.15, 0.2) is 42.5 Å². The minimum atomic E-state index is -0.513. The molecule has 2 rings (SSSR count). The van der Waals surface area contributed by atoms with Gasteiger partial charge in [0, 0.05) is 10.9 Å². The lowest BCUT2D eigenvalue weighted by molar-refractivity contribution is 0.102. The third-order valence-corrected chi connectivity index (χ3v) is 3.37. The summed E-state index contributed by atoms with van der Waals surface area (Å²) < 4.78 is 13.0. The van der Waals surface area contributed by atoms with Gasteiger partial charge in [-0.25, -0.2) is 4.39 Å². The molecular formula is C15H10BrFN2O. The van der Waals surface area contributed by atoms with Gasteiger partial charge in [-0.1, -0.05) is 28.1 Å². The quantitative estimate of drug-likeness (QED) is 0.868. The van der Waals surface area contributed by atoms with Crippen LogP contribution in [0.5, 0.6) is 0 Å². The van der Waals surface area contributed by atoms with Crippen LogP contribution in [0, 0.1) is 17.1 Å². The van der Waals surface area contributed by atoms with Crippen molar-refractivity contribution in [2.75, 3.05) is 5.32 Å². The minimum absolute atomic E-state index is 0.0930. The number of hydrogen-bond acceptors (Lipinski definition) is 2. The number of nitrogens with zero attached hydrogens (tertiary/aromatic N) is 1. The fourth-order valence-corrected chi connectivity index (χ4v) is 2.03. The van der Waals surface area contributed by atoms with Gasteiger partial charge >= 0.3 is 0 Å². The van der Waals surface area contributed by atoms with E-state index in [9.17, 15) is 9.18 Å². The van der Waals surface area contributed by atoms with E-state index in [-0.39, 0.29) is 11.5 Å². The lowest BCUT2D eigenvalue weighted by atomic mass is 10.1. The summed E-state index contributed by atoms with van der Waals surface area (Å²) >= 11 is 3.33. The van der Waals surface area contributed by atoms with Crippen molar-refractivity contribution in [1.82, 2.24) is 0 Å². The first-order valence-electron chi connectivity index (χ1n) is 5.80. The summed E-state index contributed by atoms with van der Waals surface area (Å²) in [5.74, 6) is -0.851. The third-order valence-electron chi connectivity index (χ3n) is 2.72. The molecule has 20 heavy (non-hydrogen) atoms. The summed E-state index contributed by atoms with van der Waals surface area (Å²) in [5, 5.41) is 12.2. The van der Waals surface area contributed by atoms with Crippen molar-refractivity contribution in [3.8, 4) is 6.07 Å². The molecule has 2 aromatic carbocycles. The second-order valence-corrected chi connectivity index (χ2v) is 4.65. The molecule has 1 N–H and O–H groups in total. The summed E-state index contributed by atoms with van der Waals surface area (Å²) in [4.78, 5) is 12.0. The molecule has 0 bridgehead atoms. The SMILES string of the molecule is N#Cc1cc(F)ccc1NC(=O)c1ccc(CBr)cc1. The van der Waals surface area contributed by atoms with Gasteiger partial charge in [-0.3, -0.25) is 4.79 Å². The van der Waals surface area contributed by atoms with E-state index in [1.165, 1.54) is 12.1 Å². The van der Waals surface area contributed by atoms with E-state index in [0.29, 0.717) is 16.6 Å². The number of alkyl halides is 1. The molecular weight excluding hydrogens is 323 g/mol. The number of halogens is 2. The van der Waals surface area contributed by atoms with E-state index in [0.717, 1.165) is 11.6 Å². The van der Waals surface area contributed by atoms with Crippen molar-refractivity contribution < 1.29 is 9.18 Å². The number of nitriles is 1. The van der Waals surface area contributed by atoms with Gasteiger partial charge < -0.3 is 5.32 Å². The molecule has 0 atom stereocenters. The Morgan fingerprint density at radius 1 is 1.25 bits per heavy atom. The second kappa shape index (κ2) is 6.31. The molecule has 0 saturated carbocycles. The van der Waals surface area contributed by atoms with Crippen LogP contribution in [0.3, 0.4) is 0 Å². The van der Waals surface area contributed by atoms with Gasteiger partial charge in [-0.05, 0) is 35.9 Å². The summed E-state index contributed by atoms with van der Waals surface area (Å²) in [6.45, 7) is 0. The first-order valence-corrected chi connectivity index (χ1v) is 6.92. The average Bonchev–Trinajstić information content (AvgIpc) is 2.49. The fraction of sp³-hybridized carbons (Fsp3) is 0.0667. The maximum atomic E-state index is 13.0. The van der Waals surface area contributed by atoms with Crippen molar-refractivity contribution >= 4 is 27.5 Å². The molecule has 0 aromatic heterocycles. The van der Waals surface area contributed by atoms with Gasteiger partial charge in [0.05, 0.1) is 11.3 Å². The van der Waals surface area contributed by atoms with Crippen LogP contribution in [-0.4, -0.2) is 5.91 Å². The van der Waals surface area contributed by atoms with E-state index < -0.39 is 5.82 Å². The molecule has 0 radical (unpaired) electrons. The summed E-state index contributed by atoms with van der Waals surface area (Å²) in [6, 6.07) is 12.6. The number of anilines is 1. The van der Waals surface area contributed by atoms with Crippen molar-refractivity contribution in [3.63, 3.8) is 0 Å². The van der Waals surface area contributed by atoms with E-state index in [1.807, 2.05) is 18.2 Å². The van der Waals surface area contributed by atoms with Crippen LogP contribution in [0.1, 0.15) is 21.5 Å². The highest BCUT2D eigenvalue weighted by atomic mass is 79.9. The second-order valence-electron chi connectivity index (χ2n) is 4.09. The highest BCUT2D eigenvalue weighted by Gasteiger charge is 2.09. The van der Waals surface area contributed by atoms with E-state index >= 15 is 0 Å². The molecule has 0 aliphatic heterocycles. The van der Waals surface area contributed by atoms with Gasteiger partial charge in [0.25, 0.3) is 5.91 Å². The van der Waals surface area contributed by atoms with Crippen LogP contribution in [-0.2, 0) is 5.33 Å². The van der Waals surface area contributed by atoms with Crippen LogP contribution in [0.25, 0.3) is 0 Å². The first kappa shape index (κ1) is 14.2. The summed E-state index contributed by atoms with van der Waals surface area (Å²) in [6.07, 6.45) is 0. The Morgan fingerprint density at radius 3 is 2.55 bits per heavy atom. The maximum Gasteiger partial charge on any atom is 0.255 e. The Hall–Kier alpha value is -2.19. The summed E-state index contributed by atoms with van der Waals surface area (Å²) in [7, 11) is 0. The maximum absolute atomic E-state index is 13.0. The molecule has 1 amide bonds. The van der Waals surface area contributed by atoms with Gasteiger partial charge in [-0.2, -0.15) is 5.26 Å². The number of rotatable bonds is 3. The van der Waals surface area contributed by atoms with Crippen LogP contribution in [0.4, 0.5) is 10.1 Å². The lowest BCUT2D eigenvalue weighted by Crippen LogP contribution is -2.13. The zero-order chi connectivity index (χ0) is 14.5. The predicted molar refractivity (Wildman–Crippen MR) is 78.1 cm³/mol. The molecule has 0 fully saturated rings. The molecule has 5 heteroatoms. The molecule has 100 valence electrons. The van der Waals surface area contributed by atoms with E-state index in [2.05, 4.69) is 21.2 Å². The third kappa shape index (κ3) is 3.22. The molecule has 0 heterocycles. The number of carbonyl (C=O) groups excluding carboxylic acids is 1. The largest absolute Gasteiger partial charge is 0.321 e. The van der Waals surface area contributed by atoms with Crippen LogP contribution >= 0.6 is 15.9 Å². The van der Waals surface area contributed by atoms with E-state index in [1.54, 1.807) is 12.1 Å². The number of amides is 1. The zero-order valence-corrected chi connectivity index (χ0v) is 11.9. The lowest BCUT2D eigenvalue weighted by Gasteiger charge is -2.07.